The molecule has 0 bridgehead atoms. The molecule has 0 saturated carbocycles. The molecule has 1 aromatic heterocycles. The summed E-state index contributed by atoms with van der Waals surface area (Å²) in [7, 11) is 1.73. The van der Waals surface area contributed by atoms with Crippen LogP contribution in [0.3, 0.4) is 0 Å². The lowest BCUT2D eigenvalue weighted by atomic mass is 10.1. The second kappa shape index (κ2) is 7.01. The molecular formula is C17H13FN4O4. The van der Waals surface area contributed by atoms with Gasteiger partial charge in [-0.25, -0.2) is 9.18 Å². The van der Waals surface area contributed by atoms with E-state index in [-0.39, 0.29) is 17.1 Å². The maximum Gasteiger partial charge on any atom is 0.417 e. The summed E-state index contributed by atoms with van der Waals surface area (Å²) in [6.45, 7) is 0. The van der Waals surface area contributed by atoms with Gasteiger partial charge < -0.3 is 4.74 Å². The molecule has 0 aliphatic carbocycles. The van der Waals surface area contributed by atoms with E-state index >= 15 is 0 Å². The molecule has 0 unspecified atom stereocenters. The van der Waals surface area contributed by atoms with Crippen LogP contribution in [-0.2, 0) is 7.05 Å². The third-order valence-corrected chi connectivity index (χ3v) is 3.49. The molecule has 9 heteroatoms. The predicted octanol–water partition coefficient (Wildman–Crippen LogP) is 3.75. The number of carbonyl (C=O) groups excluding carboxylic acids is 1. The first-order valence-corrected chi connectivity index (χ1v) is 7.44. The summed E-state index contributed by atoms with van der Waals surface area (Å²) in [6, 6.07) is 9.24. The number of carbonyl (C=O) groups is 1. The van der Waals surface area contributed by atoms with Gasteiger partial charge in [-0.05, 0) is 30.3 Å². The summed E-state index contributed by atoms with van der Waals surface area (Å²) < 4.78 is 20.8. The van der Waals surface area contributed by atoms with Crippen molar-refractivity contribution in [1.82, 2.24) is 9.78 Å². The molecule has 3 rings (SSSR count). The summed E-state index contributed by atoms with van der Waals surface area (Å²) in [4.78, 5) is 21.9. The number of anilines is 1. The van der Waals surface area contributed by atoms with Crippen molar-refractivity contribution in [3.63, 3.8) is 0 Å². The molecule has 0 atom stereocenters. The highest BCUT2D eigenvalue weighted by molar-refractivity contribution is 5.86. The van der Waals surface area contributed by atoms with Crippen molar-refractivity contribution < 1.29 is 18.8 Å². The number of non-ortho nitro benzene ring substituents is 1. The Labute approximate surface area is 147 Å². The average molecular weight is 356 g/mol. The van der Waals surface area contributed by atoms with Crippen molar-refractivity contribution in [3.05, 3.63) is 70.8 Å². The summed E-state index contributed by atoms with van der Waals surface area (Å²) in [6.07, 6.45) is 2.37. The normalized spacial score (nSPS) is 10.4. The number of benzene rings is 2. The summed E-state index contributed by atoms with van der Waals surface area (Å²) in [5.74, 6) is -0.397. The van der Waals surface area contributed by atoms with E-state index in [1.54, 1.807) is 17.9 Å². The highest BCUT2D eigenvalue weighted by atomic mass is 19.1. The van der Waals surface area contributed by atoms with E-state index in [2.05, 4.69) is 10.4 Å². The van der Waals surface area contributed by atoms with Crippen molar-refractivity contribution in [2.45, 2.75) is 0 Å². The first-order valence-electron chi connectivity index (χ1n) is 7.44. The Kier molecular flexibility index (Phi) is 4.61. The van der Waals surface area contributed by atoms with Gasteiger partial charge in [0, 0.05) is 42.2 Å². The van der Waals surface area contributed by atoms with Crippen molar-refractivity contribution >= 4 is 17.5 Å². The molecule has 26 heavy (non-hydrogen) atoms. The molecule has 0 saturated heterocycles. The highest BCUT2D eigenvalue weighted by Crippen LogP contribution is 2.25. The Morgan fingerprint density at radius 2 is 2.00 bits per heavy atom. The van der Waals surface area contributed by atoms with Gasteiger partial charge in [-0.1, -0.05) is 0 Å². The number of nitrogens with zero attached hydrogens (tertiary/aromatic N) is 3. The van der Waals surface area contributed by atoms with Gasteiger partial charge in [-0.15, -0.1) is 0 Å². The molecule has 0 fully saturated rings. The van der Waals surface area contributed by atoms with Crippen LogP contribution in [0.5, 0.6) is 5.75 Å². The quantitative estimate of drug-likeness (QED) is 0.567. The van der Waals surface area contributed by atoms with Crippen LogP contribution in [0, 0.1) is 15.9 Å². The van der Waals surface area contributed by atoms with Crippen LogP contribution in [0.25, 0.3) is 11.1 Å². The average Bonchev–Trinajstić information content (AvgIpc) is 3.01. The van der Waals surface area contributed by atoms with Gasteiger partial charge in [0.25, 0.3) is 5.69 Å². The van der Waals surface area contributed by atoms with Crippen LogP contribution in [0.1, 0.15) is 0 Å². The number of rotatable bonds is 4. The van der Waals surface area contributed by atoms with Gasteiger partial charge in [0.05, 0.1) is 11.1 Å². The van der Waals surface area contributed by atoms with E-state index < -0.39 is 16.8 Å². The number of hydrogen-bond donors (Lipinski definition) is 1. The van der Waals surface area contributed by atoms with Crippen molar-refractivity contribution in [1.29, 1.82) is 0 Å². The fourth-order valence-corrected chi connectivity index (χ4v) is 2.27. The number of aryl methyl sites for hydroxylation is 1. The van der Waals surface area contributed by atoms with Gasteiger partial charge >= 0.3 is 6.09 Å². The number of nitro benzene ring substituents is 1. The van der Waals surface area contributed by atoms with Crippen LogP contribution in [0.15, 0.2) is 54.9 Å². The predicted molar refractivity (Wildman–Crippen MR) is 91.3 cm³/mol. The minimum absolute atomic E-state index is 0.120. The molecule has 0 spiro atoms. The molecule has 0 aliphatic rings. The first kappa shape index (κ1) is 17.1. The smallest absolute Gasteiger partial charge is 0.410 e. The fraction of sp³-hybridized carbons (Fsp3) is 0.0588. The molecule has 3 aromatic rings. The Morgan fingerprint density at radius 3 is 2.58 bits per heavy atom. The SMILES string of the molecule is Cn1cc(-c2ccc(NC(=O)Oc3ccc([N+](=O)[O-])cc3)cc2F)cn1. The van der Waals surface area contributed by atoms with Gasteiger partial charge in [0.2, 0.25) is 0 Å². The molecule has 132 valence electrons. The van der Waals surface area contributed by atoms with Gasteiger partial charge in [0.15, 0.2) is 0 Å². The number of amides is 1. The summed E-state index contributed by atoms with van der Waals surface area (Å²) in [5, 5.41) is 17.0. The topological polar surface area (TPSA) is 99.3 Å². The van der Waals surface area contributed by atoms with E-state index in [0.717, 1.165) is 0 Å². The molecule has 1 heterocycles. The Morgan fingerprint density at radius 1 is 1.27 bits per heavy atom. The number of hydrogen-bond acceptors (Lipinski definition) is 5. The van der Waals surface area contributed by atoms with Crippen LogP contribution >= 0.6 is 0 Å². The number of nitro groups is 1. The van der Waals surface area contributed by atoms with E-state index in [9.17, 15) is 19.3 Å². The van der Waals surface area contributed by atoms with Gasteiger partial charge in [-0.3, -0.25) is 20.1 Å². The summed E-state index contributed by atoms with van der Waals surface area (Å²) in [5.41, 5.74) is 1.06. The van der Waals surface area contributed by atoms with E-state index in [1.807, 2.05) is 0 Å². The third kappa shape index (κ3) is 3.83. The van der Waals surface area contributed by atoms with E-state index in [1.165, 1.54) is 48.7 Å². The molecular weight excluding hydrogens is 343 g/mol. The number of nitrogens with one attached hydrogen (secondary N) is 1. The minimum atomic E-state index is -0.840. The minimum Gasteiger partial charge on any atom is -0.410 e. The Balaban J connectivity index is 1.67. The largest absolute Gasteiger partial charge is 0.417 e. The fourth-order valence-electron chi connectivity index (χ4n) is 2.27. The summed E-state index contributed by atoms with van der Waals surface area (Å²) >= 11 is 0. The molecule has 1 amide bonds. The van der Waals surface area contributed by atoms with Crippen molar-refractivity contribution in [2.75, 3.05) is 5.32 Å². The number of aromatic nitrogens is 2. The zero-order valence-corrected chi connectivity index (χ0v) is 13.5. The van der Waals surface area contributed by atoms with Crippen LogP contribution in [0.4, 0.5) is 20.6 Å². The maximum absolute atomic E-state index is 14.2. The van der Waals surface area contributed by atoms with E-state index in [0.29, 0.717) is 11.1 Å². The van der Waals surface area contributed by atoms with Gasteiger partial charge in [0.1, 0.15) is 11.6 Å². The van der Waals surface area contributed by atoms with Crippen molar-refractivity contribution in [3.8, 4) is 16.9 Å². The molecule has 0 radical (unpaired) electrons. The Hall–Kier alpha value is -3.75. The second-order valence-corrected chi connectivity index (χ2v) is 5.36. The Bertz CT molecular complexity index is 969. The zero-order valence-electron chi connectivity index (χ0n) is 13.5. The van der Waals surface area contributed by atoms with E-state index in [4.69, 9.17) is 4.74 Å². The van der Waals surface area contributed by atoms with Crippen molar-refractivity contribution in [2.24, 2.45) is 7.05 Å². The molecule has 2 aromatic carbocycles. The maximum atomic E-state index is 14.2. The lowest BCUT2D eigenvalue weighted by Crippen LogP contribution is -2.16. The second-order valence-electron chi connectivity index (χ2n) is 5.36. The lowest BCUT2D eigenvalue weighted by molar-refractivity contribution is -0.384. The van der Waals surface area contributed by atoms with Gasteiger partial charge in [-0.2, -0.15) is 5.10 Å². The third-order valence-electron chi connectivity index (χ3n) is 3.49. The lowest BCUT2D eigenvalue weighted by Gasteiger charge is -2.08. The molecule has 1 N–H and O–H groups in total. The molecule has 0 aliphatic heterocycles. The zero-order chi connectivity index (χ0) is 18.7. The standard InChI is InChI=1S/C17H13FN4O4/c1-21-10-11(9-19-21)15-7-2-12(8-16(15)18)20-17(23)26-14-5-3-13(4-6-14)22(24)25/h2-10H,1H3,(H,20,23). The first-order chi connectivity index (χ1) is 12.4. The number of halogens is 1. The van der Waals surface area contributed by atoms with Crippen LogP contribution in [-0.4, -0.2) is 20.8 Å². The van der Waals surface area contributed by atoms with Crippen LogP contribution < -0.4 is 10.1 Å². The number of ether oxygens (including phenoxy) is 1. The molecule has 8 nitrogen and oxygen atoms in total. The van der Waals surface area contributed by atoms with Crippen LogP contribution in [0.2, 0.25) is 0 Å². The highest BCUT2D eigenvalue weighted by Gasteiger charge is 2.11. The monoisotopic (exact) mass is 356 g/mol.